The van der Waals surface area contributed by atoms with E-state index < -0.39 is 6.10 Å². The van der Waals surface area contributed by atoms with E-state index in [1.54, 1.807) is 0 Å². The van der Waals surface area contributed by atoms with Crippen LogP contribution < -0.4 is 0 Å². The fraction of sp³-hybridized carbons (Fsp3) is 0.797. The van der Waals surface area contributed by atoms with Gasteiger partial charge in [0.25, 0.3) is 0 Å². The average molecular weight is 1120 g/mol. The molecule has 1 unspecified atom stereocenters. The molecule has 0 aliphatic rings. The van der Waals surface area contributed by atoms with E-state index in [0.29, 0.717) is 19.3 Å². The standard InChI is InChI=1S/C74H132O6/c1-4-7-10-13-16-19-22-25-28-31-33-34-35-36-37-38-39-41-43-46-49-52-55-58-61-64-67-73(76)79-70-71(69-78-72(75)66-63-60-57-54-51-48-45-42-30-27-24-21-18-15-12-9-6-3)80-74(77)68-65-62-59-56-53-50-47-44-40-32-29-26-23-20-17-14-11-8-5-2/h9,12,17-18,20-21,26-27,29-30,40,44,71H,4-8,10-11,13-16,19,22-25,28,31-39,41-43,45-70H2,1-3H3/b12-9-,20-17-,21-18-,29-26-,30-27-,44-40-. The molecule has 0 saturated heterocycles. The minimum Gasteiger partial charge on any atom is -0.462 e. The summed E-state index contributed by atoms with van der Waals surface area (Å²) in [7, 11) is 0. The Morgan fingerprint density at radius 3 is 0.787 bits per heavy atom. The Hall–Kier alpha value is -3.15. The summed E-state index contributed by atoms with van der Waals surface area (Å²) in [5.41, 5.74) is 0. The Bertz CT molecular complexity index is 1470. The lowest BCUT2D eigenvalue weighted by atomic mass is 10.0. The number of rotatable bonds is 64. The highest BCUT2D eigenvalue weighted by molar-refractivity contribution is 5.71. The lowest BCUT2D eigenvalue weighted by Crippen LogP contribution is -2.30. The first-order chi connectivity index (χ1) is 39.5. The molecule has 0 aromatic heterocycles. The summed E-state index contributed by atoms with van der Waals surface area (Å²) in [6.07, 6.45) is 89.3. The van der Waals surface area contributed by atoms with Crippen LogP contribution >= 0.6 is 0 Å². The molecule has 0 aliphatic carbocycles. The molecule has 0 radical (unpaired) electrons. The van der Waals surface area contributed by atoms with E-state index in [-0.39, 0.29) is 31.1 Å². The second-order valence-electron chi connectivity index (χ2n) is 23.4. The van der Waals surface area contributed by atoms with E-state index in [0.717, 1.165) is 109 Å². The molecule has 0 saturated carbocycles. The molecule has 0 rings (SSSR count). The molecular weight excluding hydrogens is 985 g/mol. The Morgan fingerprint density at radius 1 is 0.263 bits per heavy atom. The predicted molar refractivity (Wildman–Crippen MR) is 348 cm³/mol. The molecular formula is C74H132O6. The molecule has 0 spiro atoms. The van der Waals surface area contributed by atoms with Gasteiger partial charge in [-0.05, 0) is 89.9 Å². The molecule has 0 heterocycles. The quantitative estimate of drug-likeness (QED) is 0.0261. The zero-order valence-corrected chi connectivity index (χ0v) is 53.3. The molecule has 0 aliphatic heterocycles. The van der Waals surface area contributed by atoms with Gasteiger partial charge in [-0.25, -0.2) is 0 Å². The number of carbonyl (C=O) groups is 3. The highest BCUT2D eigenvalue weighted by Gasteiger charge is 2.19. The molecule has 0 fully saturated rings. The first-order valence-electron chi connectivity index (χ1n) is 34.9. The van der Waals surface area contributed by atoms with Gasteiger partial charge in [0.1, 0.15) is 13.2 Å². The summed E-state index contributed by atoms with van der Waals surface area (Å²) >= 11 is 0. The second kappa shape index (κ2) is 68.3. The van der Waals surface area contributed by atoms with Gasteiger partial charge in [0, 0.05) is 19.3 Å². The number of hydrogen-bond acceptors (Lipinski definition) is 6. The molecule has 0 aromatic rings. The van der Waals surface area contributed by atoms with Gasteiger partial charge in [-0.15, -0.1) is 0 Å². The average Bonchev–Trinajstić information content (AvgIpc) is 3.46. The topological polar surface area (TPSA) is 78.9 Å². The highest BCUT2D eigenvalue weighted by atomic mass is 16.6. The van der Waals surface area contributed by atoms with Crippen molar-refractivity contribution in [2.75, 3.05) is 13.2 Å². The monoisotopic (exact) mass is 1120 g/mol. The first kappa shape index (κ1) is 76.9. The maximum Gasteiger partial charge on any atom is 0.306 e. The Labute approximate surface area is 497 Å². The summed E-state index contributed by atoms with van der Waals surface area (Å²) in [6, 6.07) is 0. The lowest BCUT2D eigenvalue weighted by Gasteiger charge is -2.18. The lowest BCUT2D eigenvalue weighted by molar-refractivity contribution is -0.167. The van der Waals surface area contributed by atoms with E-state index >= 15 is 0 Å². The number of allylic oxidation sites excluding steroid dienone is 12. The zero-order chi connectivity index (χ0) is 57.8. The van der Waals surface area contributed by atoms with Crippen LogP contribution in [0.4, 0.5) is 0 Å². The molecule has 0 bridgehead atoms. The third-order valence-corrected chi connectivity index (χ3v) is 15.4. The van der Waals surface area contributed by atoms with Crippen molar-refractivity contribution in [2.24, 2.45) is 0 Å². The van der Waals surface area contributed by atoms with Crippen LogP contribution in [-0.2, 0) is 28.6 Å². The first-order valence-corrected chi connectivity index (χ1v) is 34.9. The number of unbranched alkanes of at least 4 members (excludes halogenated alkanes) is 41. The number of ether oxygens (including phenoxy) is 3. The van der Waals surface area contributed by atoms with Gasteiger partial charge in [0.05, 0.1) is 0 Å². The molecule has 6 nitrogen and oxygen atoms in total. The van der Waals surface area contributed by atoms with Crippen LogP contribution in [0.15, 0.2) is 72.9 Å². The SMILES string of the molecule is CC/C=C\C/C=C\C/C=C\CCCCCCCCCC(=O)OCC(COC(=O)CCCCCCCCCCCCCCCCCCCCCCCCCCCC)OC(=O)CCCCCCCC/C=C\C/C=C\C/C=C\CCCCC. The highest BCUT2D eigenvalue weighted by Crippen LogP contribution is 2.18. The summed E-state index contributed by atoms with van der Waals surface area (Å²) < 4.78 is 17.0. The molecule has 464 valence electrons. The summed E-state index contributed by atoms with van der Waals surface area (Å²) in [5.74, 6) is -0.884. The van der Waals surface area contributed by atoms with Crippen LogP contribution in [0.1, 0.15) is 361 Å². The predicted octanol–water partition coefficient (Wildman–Crippen LogP) is 24.1. The van der Waals surface area contributed by atoms with E-state index in [9.17, 15) is 14.4 Å². The number of hydrogen-bond donors (Lipinski definition) is 0. The second-order valence-corrected chi connectivity index (χ2v) is 23.4. The Kier molecular flexibility index (Phi) is 65.7. The Balaban J connectivity index is 4.31. The van der Waals surface area contributed by atoms with Crippen molar-refractivity contribution in [1.82, 2.24) is 0 Å². The van der Waals surface area contributed by atoms with Crippen molar-refractivity contribution in [3.05, 3.63) is 72.9 Å². The van der Waals surface area contributed by atoms with Crippen molar-refractivity contribution >= 4 is 17.9 Å². The minimum absolute atomic E-state index is 0.0810. The summed E-state index contributed by atoms with van der Waals surface area (Å²) in [5, 5.41) is 0. The van der Waals surface area contributed by atoms with Crippen molar-refractivity contribution < 1.29 is 28.6 Å². The van der Waals surface area contributed by atoms with Crippen molar-refractivity contribution in [1.29, 1.82) is 0 Å². The number of carbonyl (C=O) groups excluding carboxylic acids is 3. The van der Waals surface area contributed by atoms with Gasteiger partial charge in [-0.1, -0.05) is 325 Å². The fourth-order valence-corrected chi connectivity index (χ4v) is 10.2. The molecule has 0 N–H and O–H groups in total. The van der Waals surface area contributed by atoms with Gasteiger partial charge < -0.3 is 14.2 Å². The van der Waals surface area contributed by atoms with E-state index in [1.807, 2.05) is 0 Å². The van der Waals surface area contributed by atoms with Crippen molar-refractivity contribution in [3.63, 3.8) is 0 Å². The smallest absolute Gasteiger partial charge is 0.306 e. The van der Waals surface area contributed by atoms with Gasteiger partial charge in [0.15, 0.2) is 6.10 Å². The van der Waals surface area contributed by atoms with Crippen LogP contribution in [0.25, 0.3) is 0 Å². The summed E-state index contributed by atoms with van der Waals surface area (Å²) in [6.45, 7) is 6.54. The van der Waals surface area contributed by atoms with Crippen LogP contribution in [0.5, 0.6) is 0 Å². The summed E-state index contributed by atoms with van der Waals surface area (Å²) in [4.78, 5) is 38.4. The van der Waals surface area contributed by atoms with Crippen LogP contribution in [0.3, 0.4) is 0 Å². The van der Waals surface area contributed by atoms with E-state index in [1.165, 1.54) is 212 Å². The van der Waals surface area contributed by atoms with E-state index in [4.69, 9.17) is 14.2 Å². The number of esters is 3. The fourth-order valence-electron chi connectivity index (χ4n) is 10.2. The third kappa shape index (κ3) is 65.7. The van der Waals surface area contributed by atoms with Crippen molar-refractivity contribution in [3.8, 4) is 0 Å². The van der Waals surface area contributed by atoms with Crippen LogP contribution in [0.2, 0.25) is 0 Å². The molecule has 80 heavy (non-hydrogen) atoms. The van der Waals surface area contributed by atoms with Gasteiger partial charge in [0.2, 0.25) is 0 Å². The normalized spacial score (nSPS) is 12.5. The van der Waals surface area contributed by atoms with E-state index in [2.05, 4.69) is 93.7 Å². The maximum absolute atomic E-state index is 12.9. The van der Waals surface area contributed by atoms with Crippen LogP contribution in [0, 0.1) is 0 Å². The van der Waals surface area contributed by atoms with Gasteiger partial charge >= 0.3 is 17.9 Å². The van der Waals surface area contributed by atoms with Crippen molar-refractivity contribution in [2.45, 2.75) is 367 Å². The zero-order valence-electron chi connectivity index (χ0n) is 53.3. The molecule has 6 heteroatoms. The minimum atomic E-state index is -0.788. The molecule has 1 atom stereocenters. The largest absolute Gasteiger partial charge is 0.462 e. The van der Waals surface area contributed by atoms with Crippen LogP contribution in [-0.4, -0.2) is 37.2 Å². The molecule has 0 amide bonds. The van der Waals surface area contributed by atoms with Gasteiger partial charge in [-0.2, -0.15) is 0 Å². The third-order valence-electron chi connectivity index (χ3n) is 15.4. The molecule has 0 aromatic carbocycles. The maximum atomic E-state index is 12.9. The Morgan fingerprint density at radius 2 is 0.487 bits per heavy atom. The van der Waals surface area contributed by atoms with Gasteiger partial charge in [-0.3, -0.25) is 14.4 Å².